The second-order valence-corrected chi connectivity index (χ2v) is 17.3. The Morgan fingerprint density at radius 3 is 0.889 bits per heavy atom. The van der Waals surface area contributed by atoms with Crippen LogP contribution in [0.5, 0.6) is 0 Å². The van der Waals surface area contributed by atoms with Gasteiger partial charge in [-0.3, -0.25) is 0 Å². The lowest BCUT2D eigenvalue weighted by Gasteiger charge is -2.63. The van der Waals surface area contributed by atoms with Crippen molar-refractivity contribution in [2.75, 3.05) is 0 Å². The summed E-state index contributed by atoms with van der Waals surface area (Å²) in [6.45, 7) is 0. The monoisotopic (exact) mass is 480 g/mol. The van der Waals surface area contributed by atoms with Crippen molar-refractivity contribution < 1.29 is 0 Å². The van der Waals surface area contributed by atoms with Crippen molar-refractivity contribution >= 4 is 0 Å². The van der Waals surface area contributed by atoms with Crippen molar-refractivity contribution in [1.29, 1.82) is 0 Å². The van der Waals surface area contributed by atoms with E-state index in [9.17, 15) is 0 Å². The van der Waals surface area contributed by atoms with Gasteiger partial charge in [0.15, 0.2) is 0 Å². The molecule has 0 spiro atoms. The van der Waals surface area contributed by atoms with E-state index in [0.29, 0.717) is 16.2 Å². The van der Waals surface area contributed by atoms with Crippen LogP contribution in [0.1, 0.15) is 132 Å². The van der Waals surface area contributed by atoms with Crippen LogP contribution in [0.25, 0.3) is 0 Å². The van der Waals surface area contributed by atoms with Gasteiger partial charge in [0.2, 0.25) is 0 Å². The highest BCUT2D eigenvalue weighted by Gasteiger charge is 2.60. The van der Waals surface area contributed by atoms with Crippen molar-refractivity contribution in [3.63, 3.8) is 0 Å². The first-order valence-corrected chi connectivity index (χ1v) is 16.7. The summed E-state index contributed by atoms with van der Waals surface area (Å²) in [5.74, 6) is 9.53. The summed E-state index contributed by atoms with van der Waals surface area (Å²) in [6.07, 6.45) is 28.3. The molecule has 0 amide bonds. The summed E-state index contributed by atoms with van der Waals surface area (Å²) in [5.41, 5.74) is 7.73. The van der Waals surface area contributed by atoms with Crippen LogP contribution >= 0.6 is 0 Å². The van der Waals surface area contributed by atoms with E-state index < -0.39 is 0 Å². The molecule has 12 aliphatic rings. The largest absolute Gasteiger partial charge is 0.0617 e. The van der Waals surface area contributed by atoms with E-state index in [2.05, 4.69) is 23.8 Å². The van der Waals surface area contributed by atoms with Gasteiger partial charge in [-0.25, -0.2) is 0 Å². The minimum absolute atomic E-state index is 0.561. The average molecular weight is 481 g/mol. The van der Waals surface area contributed by atoms with Crippen LogP contribution in [0.4, 0.5) is 0 Å². The maximum atomic E-state index is 2.77. The van der Waals surface area contributed by atoms with Crippen LogP contribution in [-0.4, -0.2) is 0 Å². The van der Waals surface area contributed by atoms with Gasteiger partial charge in [0.25, 0.3) is 0 Å². The van der Waals surface area contributed by atoms with Gasteiger partial charge in [-0.15, -0.1) is 0 Å². The Hall–Kier alpha value is -0.780. The summed E-state index contributed by atoms with van der Waals surface area (Å²) >= 11 is 0. The first kappa shape index (κ1) is 21.1. The fourth-order valence-corrected chi connectivity index (χ4v) is 15.3. The number of benzene rings is 1. The van der Waals surface area contributed by atoms with Gasteiger partial charge in [-0.2, -0.15) is 0 Å². The Morgan fingerprint density at radius 1 is 0.361 bits per heavy atom. The lowest BCUT2D eigenvalue weighted by atomic mass is 9.41. The molecule has 12 fully saturated rings. The molecule has 1 aromatic rings. The normalized spacial score (nSPS) is 57.2. The second kappa shape index (κ2) is 6.86. The third-order valence-corrected chi connectivity index (χ3v) is 14.9. The third kappa shape index (κ3) is 2.74. The quantitative estimate of drug-likeness (QED) is 0.405. The van der Waals surface area contributed by atoms with E-state index in [1.807, 2.05) is 11.1 Å². The van der Waals surface area contributed by atoms with E-state index in [4.69, 9.17) is 0 Å². The zero-order chi connectivity index (χ0) is 23.3. The van der Waals surface area contributed by atoms with Gasteiger partial charge in [-0.05, 0) is 202 Å². The van der Waals surface area contributed by atoms with Gasteiger partial charge >= 0.3 is 0 Å². The lowest BCUT2D eigenvalue weighted by Crippen LogP contribution is -2.54. The standard InChI is InChI=1S/C36H48/c1-2-31(34-13-22-4-23(14-34)6-24(5-22)15-34)33(36-19-28-10-29(20-36)12-30(11-28)21-36)32(3-1)35-16-25-7-26(17-35)9-27(8-25)18-35/h1-3,22-30H,4-21H2. The van der Waals surface area contributed by atoms with E-state index >= 15 is 0 Å². The van der Waals surface area contributed by atoms with Crippen molar-refractivity contribution in [3.8, 4) is 0 Å². The van der Waals surface area contributed by atoms with Gasteiger partial charge in [0.05, 0.1) is 0 Å². The molecule has 36 heavy (non-hydrogen) atoms. The molecular formula is C36H48. The Morgan fingerprint density at radius 2 is 0.611 bits per heavy atom. The van der Waals surface area contributed by atoms with Gasteiger partial charge in [0.1, 0.15) is 0 Å². The molecule has 0 heterocycles. The molecule has 0 unspecified atom stereocenters. The average Bonchev–Trinajstić information content (AvgIpc) is 2.81. The smallest absolute Gasteiger partial charge is 0.00332 e. The molecule has 0 radical (unpaired) electrons. The molecule has 0 N–H and O–H groups in total. The summed E-state index contributed by atoms with van der Waals surface area (Å²) in [7, 11) is 0. The maximum absolute atomic E-state index is 2.77. The van der Waals surface area contributed by atoms with Crippen LogP contribution < -0.4 is 0 Å². The minimum atomic E-state index is 0.561. The zero-order valence-electron chi connectivity index (χ0n) is 22.7. The molecule has 13 rings (SSSR count). The SMILES string of the molecule is c1cc(C23CC4CC(CC(C4)C2)C3)c(C23CC4CC(CC(C4)C2)C3)c(C23CC4CC(CC(C4)C2)C3)c1. The zero-order valence-corrected chi connectivity index (χ0v) is 22.7. The van der Waals surface area contributed by atoms with Gasteiger partial charge in [0, 0.05) is 0 Å². The van der Waals surface area contributed by atoms with Crippen LogP contribution in [0.15, 0.2) is 18.2 Å². The fraction of sp³-hybridized carbons (Fsp3) is 0.833. The van der Waals surface area contributed by atoms with E-state index in [0.717, 1.165) is 53.3 Å². The summed E-state index contributed by atoms with van der Waals surface area (Å²) < 4.78 is 0. The number of rotatable bonds is 3. The molecule has 192 valence electrons. The summed E-state index contributed by atoms with van der Waals surface area (Å²) in [5, 5.41) is 0. The van der Waals surface area contributed by atoms with Crippen molar-refractivity contribution in [2.45, 2.75) is 132 Å². The predicted molar refractivity (Wildman–Crippen MR) is 146 cm³/mol. The molecule has 0 heteroatoms. The molecule has 0 saturated heterocycles. The highest BCUT2D eigenvalue weighted by Crippen LogP contribution is 2.69. The topological polar surface area (TPSA) is 0 Å². The van der Waals surface area contributed by atoms with Crippen LogP contribution in [0, 0.1) is 53.3 Å². The Bertz CT molecular complexity index is 935. The van der Waals surface area contributed by atoms with Gasteiger partial charge < -0.3 is 0 Å². The lowest BCUT2D eigenvalue weighted by molar-refractivity contribution is -0.0243. The fourth-order valence-electron chi connectivity index (χ4n) is 15.3. The maximum Gasteiger partial charge on any atom is -0.00332 e. The Labute approximate surface area is 219 Å². The molecular weight excluding hydrogens is 432 g/mol. The molecule has 0 atom stereocenters. The number of hydrogen-bond donors (Lipinski definition) is 0. The first-order valence-electron chi connectivity index (χ1n) is 16.7. The molecule has 12 aliphatic carbocycles. The molecule has 1 aromatic carbocycles. The van der Waals surface area contributed by atoms with E-state index in [1.165, 1.54) is 0 Å². The Balaban J connectivity index is 1.20. The van der Waals surface area contributed by atoms with Crippen LogP contribution in [0.3, 0.4) is 0 Å². The summed E-state index contributed by atoms with van der Waals surface area (Å²) in [6, 6.07) is 8.15. The minimum Gasteiger partial charge on any atom is -0.0617 e. The number of hydrogen-bond acceptors (Lipinski definition) is 0. The van der Waals surface area contributed by atoms with Crippen molar-refractivity contribution in [2.24, 2.45) is 53.3 Å². The highest BCUT2D eigenvalue weighted by molar-refractivity contribution is 5.51. The van der Waals surface area contributed by atoms with E-state index in [1.54, 1.807) is 116 Å². The molecule has 12 bridgehead atoms. The van der Waals surface area contributed by atoms with Crippen molar-refractivity contribution in [1.82, 2.24) is 0 Å². The Kier molecular flexibility index (Phi) is 4.02. The second-order valence-electron chi connectivity index (χ2n) is 17.3. The van der Waals surface area contributed by atoms with Crippen LogP contribution in [0.2, 0.25) is 0 Å². The molecule has 0 aromatic heterocycles. The first-order chi connectivity index (χ1) is 17.6. The predicted octanol–water partition coefficient (Wildman–Crippen LogP) is 9.09. The third-order valence-electron chi connectivity index (χ3n) is 14.9. The highest BCUT2D eigenvalue weighted by atomic mass is 14.6. The molecule has 12 saturated carbocycles. The molecule has 0 nitrogen and oxygen atoms in total. The summed E-state index contributed by atoms with van der Waals surface area (Å²) in [4.78, 5) is 0. The van der Waals surface area contributed by atoms with Crippen molar-refractivity contribution in [3.05, 3.63) is 34.9 Å². The van der Waals surface area contributed by atoms with Crippen LogP contribution in [-0.2, 0) is 16.2 Å². The molecule has 0 aliphatic heterocycles. The van der Waals surface area contributed by atoms with Gasteiger partial charge in [-0.1, -0.05) is 18.2 Å². The van der Waals surface area contributed by atoms with E-state index in [-0.39, 0.29) is 0 Å².